The number of benzene rings is 1. The topological polar surface area (TPSA) is 57.6 Å². The third kappa shape index (κ3) is 4.31. The zero-order chi connectivity index (χ0) is 16.0. The predicted molar refractivity (Wildman–Crippen MR) is 84.5 cm³/mol. The van der Waals surface area contributed by atoms with Crippen LogP contribution in [0, 0.1) is 18.8 Å². The van der Waals surface area contributed by atoms with Crippen LogP contribution in [-0.4, -0.2) is 37.5 Å². The molecule has 21 heavy (non-hydrogen) atoms. The monoisotopic (exact) mass is 309 g/mol. The molecule has 0 heterocycles. The molecule has 0 amide bonds. The first-order chi connectivity index (χ1) is 9.84. The van der Waals surface area contributed by atoms with Crippen LogP contribution in [0.2, 0.25) is 0 Å². The van der Waals surface area contributed by atoms with Gasteiger partial charge in [0.2, 0.25) is 10.0 Å². The van der Waals surface area contributed by atoms with Crippen molar-refractivity contribution in [2.45, 2.75) is 44.6 Å². The average Bonchev–Trinajstić information content (AvgIpc) is 2.47. The van der Waals surface area contributed by atoms with Crippen LogP contribution in [0.4, 0.5) is 0 Å². The van der Waals surface area contributed by atoms with E-state index in [1.54, 1.807) is 25.2 Å². The van der Waals surface area contributed by atoms with E-state index in [9.17, 15) is 8.42 Å². The lowest BCUT2D eigenvalue weighted by Gasteiger charge is -2.23. The number of hydrogen-bond donors (Lipinski definition) is 1. The number of aryl methyl sites for hydroxylation is 1. The van der Waals surface area contributed by atoms with Gasteiger partial charge in [-0.3, -0.25) is 0 Å². The molecule has 1 unspecified atom stereocenters. The molecule has 0 spiro atoms. The summed E-state index contributed by atoms with van der Waals surface area (Å²) < 4.78 is 26.4. The Labute approximate surface area is 127 Å². The first-order valence-electron chi connectivity index (χ1n) is 7.03. The number of hydrogen-bond acceptors (Lipinski definition) is 3. The SMILES string of the molecule is CCC(C)N(C)S(=O)(=O)c1ccc(C#CCCO)c(C)c1. The van der Waals surface area contributed by atoms with E-state index >= 15 is 0 Å². The second-order valence-corrected chi connectivity index (χ2v) is 7.03. The highest BCUT2D eigenvalue weighted by molar-refractivity contribution is 7.89. The molecular formula is C16H23NO3S. The summed E-state index contributed by atoms with van der Waals surface area (Å²) in [6.45, 7) is 5.71. The van der Waals surface area contributed by atoms with Gasteiger partial charge in [-0.2, -0.15) is 4.31 Å². The Bertz CT molecular complexity index is 641. The molecule has 5 heteroatoms. The van der Waals surface area contributed by atoms with Gasteiger partial charge in [-0.15, -0.1) is 0 Å². The van der Waals surface area contributed by atoms with Crippen LogP contribution in [0.1, 0.15) is 37.8 Å². The van der Waals surface area contributed by atoms with Crippen molar-refractivity contribution in [2.24, 2.45) is 0 Å². The van der Waals surface area contributed by atoms with Gasteiger partial charge in [-0.25, -0.2) is 8.42 Å². The van der Waals surface area contributed by atoms with Gasteiger partial charge in [0.25, 0.3) is 0 Å². The van der Waals surface area contributed by atoms with Crippen molar-refractivity contribution < 1.29 is 13.5 Å². The van der Waals surface area contributed by atoms with Gasteiger partial charge < -0.3 is 5.11 Å². The van der Waals surface area contributed by atoms with Crippen molar-refractivity contribution >= 4 is 10.0 Å². The summed E-state index contributed by atoms with van der Waals surface area (Å²) in [7, 11) is -1.86. The molecule has 1 aromatic carbocycles. The van der Waals surface area contributed by atoms with Crippen LogP contribution in [0.25, 0.3) is 0 Å². The van der Waals surface area contributed by atoms with Crippen LogP contribution in [-0.2, 0) is 10.0 Å². The fourth-order valence-electron chi connectivity index (χ4n) is 1.81. The molecule has 0 saturated carbocycles. The molecule has 1 N–H and O–H groups in total. The molecule has 4 nitrogen and oxygen atoms in total. The molecule has 0 radical (unpaired) electrons. The molecule has 1 aromatic rings. The Hall–Kier alpha value is -1.35. The van der Waals surface area contributed by atoms with Crippen LogP contribution in [0.3, 0.4) is 0 Å². The van der Waals surface area contributed by atoms with E-state index in [2.05, 4.69) is 11.8 Å². The third-order valence-corrected chi connectivity index (χ3v) is 5.51. The zero-order valence-corrected chi connectivity index (χ0v) is 13.9. The molecule has 0 aliphatic heterocycles. The molecule has 0 bridgehead atoms. The lowest BCUT2D eigenvalue weighted by Crippen LogP contribution is -2.34. The summed E-state index contributed by atoms with van der Waals surface area (Å²) >= 11 is 0. The minimum absolute atomic E-state index is 0.0260. The Morgan fingerprint density at radius 2 is 2.05 bits per heavy atom. The van der Waals surface area contributed by atoms with Gasteiger partial charge in [0.05, 0.1) is 11.5 Å². The fourth-order valence-corrected chi connectivity index (χ4v) is 3.33. The molecule has 0 saturated heterocycles. The second-order valence-electron chi connectivity index (χ2n) is 5.03. The maximum atomic E-state index is 12.5. The van der Waals surface area contributed by atoms with E-state index in [1.165, 1.54) is 4.31 Å². The van der Waals surface area contributed by atoms with Gasteiger partial charge in [-0.05, 0) is 44.0 Å². The summed E-state index contributed by atoms with van der Waals surface area (Å²) in [6, 6.07) is 4.91. The largest absolute Gasteiger partial charge is 0.395 e. The third-order valence-electron chi connectivity index (χ3n) is 3.55. The summed E-state index contributed by atoms with van der Waals surface area (Å²) in [6.07, 6.45) is 1.18. The first kappa shape index (κ1) is 17.7. The van der Waals surface area contributed by atoms with E-state index in [1.807, 2.05) is 20.8 Å². The van der Waals surface area contributed by atoms with Gasteiger partial charge in [0, 0.05) is 25.1 Å². The Morgan fingerprint density at radius 1 is 1.38 bits per heavy atom. The number of rotatable bonds is 5. The number of aliphatic hydroxyl groups excluding tert-OH is 1. The molecular weight excluding hydrogens is 286 g/mol. The van der Waals surface area contributed by atoms with Gasteiger partial charge in [0.15, 0.2) is 0 Å². The maximum absolute atomic E-state index is 12.5. The van der Waals surface area contributed by atoms with Gasteiger partial charge >= 0.3 is 0 Å². The molecule has 0 aromatic heterocycles. The molecule has 1 rings (SSSR count). The quantitative estimate of drug-likeness (QED) is 0.848. The summed E-state index contributed by atoms with van der Waals surface area (Å²) in [4.78, 5) is 0.288. The van der Waals surface area contributed by atoms with Crippen LogP contribution in [0.15, 0.2) is 23.1 Å². The minimum atomic E-state index is -3.47. The molecule has 0 aliphatic rings. The number of sulfonamides is 1. The van der Waals surface area contributed by atoms with E-state index < -0.39 is 10.0 Å². The number of aliphatic hydroxyl groups is 1. The highest BCUT2D eigenvalue weighted by atomic mass is 32.2. The van der Waals surface area contributed by atoms with E-state index in [0.717, 1.165) is 17.5 Å². The predicted octanol–water partition coefficient (Wildman–Crippen LogP) is 2.15. The van der Waals surface area contributed by atoms with Crippen molar-refractivity contribution in [1.82, 2.24) is 4.31 Å². The van der Waals surface area contributed by atoms with Crippen LogP contribution < -0.4 is 0 Å². The van der Waals surface area contributed by atoms with E-state index in [0.29, 0.717) is 6.42 Å². The molecule has 0 aliphatic carbocycles. The summed E-state index contributed by atoms with van der Waals surface area (Å²) in [5.74, 6) is 5.78. The lowest BCUT2D eigenvalue weighted by atomic mass is 10.1. The van der Waals surface area contributed by atoms with Crippen molar-refractivity contribution in [3.63, 3.8) is 0 Å². The first-order valence-corrected chi connectivity index (χ1v) is 8.47. The Kier molecular flexibility index (Phi) is 6.41. The molecule has 116 valence electrons. The zero-order valence-electron chi connectivity index (χ0n) is 13.0. The summed E-state index contributed by atoms with van der Waals surface area (Å²) in [5.41, 5.74) is 1.60. The molecule has 0 fully saturated rings. The minimum Gasteiger partial charge on any atom is -0.395 e. The molecule has 1 atom stereocenters. The normalized spacial score (nSPS) is 12.9. The van der Waals surface area contributed by atoms with E-state index in [4.69, 9.17) is 5.11 Å². The maximum Gasteiger partial charge on any atom is 0.243 e. The van der Waals surface area contributed by atoms with Crippen molar-refractivity contribution in [3.05, 3.63) is 29.3 Å². The fraction of sp³-hybridized carbons (Fsp3) is 0.500. The average molecular weight is 309 g/mol. The highest BCUT2D eigenvalue weighted by Crippen LogP contribution is 2.20. The smallest absolute Gasteiger partial charge is 0.243 e. The Balaban J connectivity index is 3.12. The van der Waals surface area contributed by atoms with Crippen LogP contribution >= 0.6 is 0 Å². The van der Waals surface area contributed by atoms with E-state index in [-0.39, 0.29) is 17.5 Å². The number of nitrogens with zero attached hydrogens (tertiary/aromatic N) is 1. The highest BCUT2D eigenvalue weighted by Gasteiger charge is 2.24. The Morgan fingerprint density at radius 3 is 2.57 bits per heavy atom. The van der Waals surface area contributed by atoms with Crippen molar-refractivity contribution in [3.8, 4) is 11.8 Å². The second kappa shape index (κ2) is 7.60. The summed E-state index contributed by atoms with van der Waals surface area (Å²) in [5, 5.41) is 8.71. The standard InChI is InChI=1S/C16H23NO3S/c1-5-14(3)17(4)21(19,20)16-10-9-15(13(2)12-16)8-6-7-11-18/h9-10,12,14,18H,5,7,11H2,1-4H3. The van der Waals surface area contributed by atoms with Gasteiger partial charge in [-0.1, -0.05) is 18.8 Å². The lowest BCUT2D eigenvalue weighted by molar-refractivity contribution is 0.305. The van der Waals surface area contributed by atoms with Crippen molar-refractivity contribution in [1.29, 1.82) is 0 Å². The van der Waals surface area contributed by atoms with Gasteiger partial charge in [0.1, 0.15) is 0 Å². The van der Waals surface area contributed by atoms with Crippen LogP contribution in [0.5, 0.6) is 0 Å². The van der Waals surface area contributed by atoms with Crippen molar-refractivity contribution in [2.75, 3.05) is 13.7 Å².